The Morgan fingerprint density at radius 1 is 1.37 bits per heavy atom. The van der Waals surface area contributed by atoms with E-state index in [-0.39, 0.29) is 10.6 Å². The van der Waals surface area contributed by atoms with E-state index in [1.54, 1.807) is 26.0 Å². The number of hydrogen-bond donors (Lipinski definition) is 1. The molecule has 0 heterocycles. The Morgan fingerprint density at radius 2 is 2.00 bits per heavy atom. The molecule has 1 aromatic carbocycles. The molecule has 1 rings (SSSR count). The van der Waals surface area contributed by atoms with Crippen LogP contribution in [-0.4, -0.2) is 40.2 Å². The maximum atomic E-state index is 10.9. The normalized spacial score (nSPS) is 11.8. The van der Waals surface area contributed by atoms with Gasteiger partial charge in [0.1, 0.15) is 0 Å². The van der Waals surface area contributed by atoms with Gasteiger partial charge in [0.15, 0.2) is 0 Å². The van der Waals surface area contributed by atoms with Crippen LogP contribution in [0.1, 0.15) is 26.3 Å². The SMILES string of the molecule is CCN(CCc1ccccc1[N+](=O)[O-])CC(C)(C)O. The molecular formula is C14H22N2O3. The molecule has 0 radical (unpaired) electrons. The highest BCUT2D eigenvalue weighted by molar-refractivity contribution is 5.39. The van der Waals surface area contributed by atoms with Crippen LogP contribution in [0.4, 0.5) is 5.69 Å². The molecule has 1 aromatic rings. The van der Waals surface area contributed by atoms with Crippen LogP contribution in [0.25, 0.3) is 0 Å². The predicted molar refractivity (Wildman–Crippen MR) is 75.2 cm³/mol. The molecule has 0 aliphatic heterocycles. The van der Waals surface area contributed by atoms with Gasteiger partial charge in [0.25, 0.3) is 5.69 Å². The minimum atomic E-state index is -0.751. The molecule has 0 fully saturated rings. The van der Waals surface area contributed by atoms with Crippen molar-refractivity contribution in [2.75, 3.05) is 19.6 Å². The highest BCUT2D eigenvalue weighted by Crippen LogP contribution is 2.18. The van der Waals surface area contributed by atoms with Crippen molar-refractivity contribution in [2.45, 2.75) is 32.8 Å². The van der Waals surface area contributed by atoms with E-state index in [1.807, 2.05) is 13.0 Å². The quantitative estimate of drug-likeness (QED) is 0.607. The van der Waals surface area contributed by atoms with Crippen molar-refractivity contribution < 1.29 is 10.0 Å². The number of nitro benzene ring substituents is 1. The van der Waals surface area contributed by atoms with Gasteiger partial charge in [-0.05, 0) is 26.8 Å². The molecule has 0 saturated carbocycles. The molecule has 0 spiro atoms. The standard InChI is InChI=1S/C14H22N2O3/c1-4-15(11-14(2,3)17)10-9-12-7-5-6-8-13(12)16(18)19/h5-8,17H,4,9-11H2,1-3H3. The largest absolute Gasteiger partial charge is 0.389 e. The maximum Gasteiger partial charge on any atom is 0.272 e. The fraction of sp³-hybridized carbons (Fsp3) is 0.571. The molecule has 0 aliphatic carbocycles. The van der Waals surface area contributed by atoms with Gasteiger partial charge in [0.05, 0.1) is 10.5 Å². The molecule has 0 aromatic heterocycles. The van der Waals surface area contributed by atoms with E-state index in [2.05, 4.69) is 4.90 Å². The number of nitro groups is 1. The molecule has 0 amide bonds. The van der Waals surface area contributed by atoms with E-state index in [1.165, 1.54) is 6.07 Å². The lowest BCUT2D eigenvalue weighted by Crippen LogP contribution is -2.39. The van der Waals surface area contributed by atoms with Crippen molar-refractivity contribution >= 4 is 5.69 Å². The van der Waals surface area contributed by atoms with Crippen LogP contribution in [0.5, 0.6) is 0 Å². The molecular weight excluding hydrogens is 244 g/mol. The number of likely N-dealkylation sites (N-methyl/N-ethyl adjacent to an activating group) is 1. The Hall–Kier alpha value is -1.46. The van der Waals surface area contributed by atoms with Gasteiger partial charge in [-0.25, -0.2) is 0 Å². The van der Waals surface area contributed by atoms with Gasteiger partial charge < -0.3 is 10.0 Å². The summed E-state index contributed by atoms with van der Waals surface area (Å²) in [6, 6.07) is 6.81. The molecule has 0 bridgehead atoms. The first-order chi connectivity index (χ1) is 8.83. The van der Waals surface area contributed by atoms with Crippen molar-refractivity contribution in [1.82, 2.24) is 4.90 Å². The molecule has 1 N–H and O–H groups in total. The third-order valence-corrected chi connectivity index (χ3v) is 2.94. The fourth-order valence-electron chi connectivity index (χ4n) is 2.08. The minimum absolute atomic E-state index is 0.168. The van der Waals surface area contributed by atoms with Gasteiger partial charge in [-0.2, -0.15) is 0 Å². The van der Waals surface area contributed by atoms with Crippen molar-refractivity contribution in [1.29, 1.82) is 0 Å². The average molecular weight is 266 g/mol. The summed E-state index contributed by atoms with van der Waals surface area (Å²) in [6.07, 6.45) is 0.612. The van der Waals surface area contributed by atoms with E-state index >= 15 is 0 Å². The summed E-state index contributed by atoms with van der Waals surface area (Å²) in [5.41, 5.74) is 0.155. The summed E-state index contributed by atoms with van der Waals surface area (Å²) in [5.74, 6) is 0. The van der Waals surface area contributed by atoms with E-state index in [9.17, 15) is 15.2 Å². The Bertz CT molecular complexity index is 427. The van der Waals surface area contributed by atoms with Crippen molar-refractivity contribution in [2.24, 2.45) is 0 Å². The summed E-state index contributed by atoms with van der Waals surface area (Å²) in [5, 5.41) is 20.7. The van der Waals surface area contributed by atoms with Crippen LogP contribution < -0.4 is 0 Å². The third-order valence-electron chi connectivity index (χ3n) is 2.94. The topological polar surface area (TPSA) is 66.6 Å². The first kappa shape index (κ1) is 15.6. The summed E-state index contributed by atoms with van der Waals surface area (Å²) in [6.45, 7) is 7.62. The summed E-state index contributed by atoms with van der Waals surface area (Å²) < 4.78 is 0. The van der Waals surface area contributed by atoms with Crippen LogP contribution in [0.15, 0.2) is 24.3 Å². The minimum Gasteiger partial charge on any atom is -0.389 e. The zero-order valence-corrected chi connectivity index (χ0v) is 11.8. The Balaban J connectivity index is 2.67. The fourth-order valence-corrected chi connectivity index (χ4v) is 2.08. The lowest BCUT2D eigenvalue weighted by atomic mass is 10.1. The van der Waals surface area contributed by atoms with E-state index in [4.69, 9.17) is 0 Å². The zero-order valence-electron chi connectivity index (χ0n) is 11.8. The van der Waals surface area contributed by atoms with Gasteiger partial charge in [0, 0.05) is 24.7 Å². The second kappa shape index (κ2) is 6.63. The monoisotopic (exact) mass is 266 g/mol. The maximum absolute atomic E-state index is 10.9. The van der Waals surface area contributed by atoms with E-state index in [0.29, 0.717) is 19.5 Å². The molecule has 5 heteroatoms. The van der Waals surface area contributed by atoms with E-state index < -0.39 is 5.60 Å². The molecule has 5 nitrogen and oxygen atoms in total. The number of rotatable bonds is 7. The predicted octanol–water partition coefficient (Wildman–Crippen LogP) is 2.23. The van der Waals surface area contributed by atoms with Gasteiger partial charge in [0.2, 0.25) is 0 Å². The lowest BCUT2D eigenvalue weighted by molar-refractivity contribution is -0.385. The van der Waals surface area contributed by atoms with Crippen LogP contribution >= 0.6 is 0 Å². The second-order valence-electron chi connectivity index (χ2n) is 5.32. The zero-order chi connectivity index (χ0) is 14.5. The third kappa shape index (κ3) is 5.36. The Morgan fingerprint density at radius 3 is 2.53 bits per heavy atom. The highest BCUT2D eigenvalue weighted by Gasteiger charge is 2.18. The Kier molecular flexibility index (Phi) is 5.44. The first-order valence-corrected chi connectivity index (χ1v) is 6.50. The van der Waals surface area contributed by atoms with Gasteiger partial charge in [-0.1, -0.05) is 25.1 Å². The first-order valence-electron chi connectivity index (χ1n) is 6.50. The molecule has 0 atom stereocenters. The van der Waals surface area contributed by atoms with Crippen molar-refractivity contribution in [3.05, 3.63) is 39.9 Å². The van der Waals surface area contributed by atoms with Crippen molar-refractivity contribution in [3.8, 4) is 0 Å². The van der Waals surface area contributed by atoms with Crippen LogP contribution in [-0.2, 0) is 6.42 Å². The van der Waals surface area contributed by atoms with Gasteiger partial charge in [-0.3, -0.25) is 10.1 Å². The molecule has 19 heavy (non-hydrogen) atoms. The Labute approximate surface area is 114 Å². The summed E-state index contributed by atoms with van der Waals surface area (Å²) in [4.78, 5) is 12.7. The lowest BCUT2D eigenvalue weighted by Gasteiger charge is -2.27. The summed E-state index contributed by atoms with van der Waals surface area (Å²) >= 11 is 0. The number of nitrogens with zero attached hydrogens (tertiary/aromatic N) is 2. The summed E-state index contributed by atoms with van der Waals surface area (Å²) in [7, 11) is 0. The number of para-hydroxylation sites is 1. The number of hydrogen-bond acceptors (Lipinski definition) is 4. The van der Waals surface area contributed by atoms with Gasteiger partial charge >= 0.3 is 0 Å². The van der Waals surface area contributed by atoms with Crippen LogP contribution in [0, 0.1) is 10.1 Å². The number of aliphatic hydroxyl groups is 1. The van der Waals surface area contributed by atoms with Gasteiger partial charge in [-0.15, -0.1) is 0 Å². The highest BCUT2D eigenvalue weighted by atomic mass is 16.6. The van der Waals surface area contributed by atoms with Crippen LogP contribution in [0.3, 0.4) is 0 Å². The second-order valence-corrected chi connectivity index (χ2v) is 5.32. The molecule has 0 aliphatic rings. The molecule has 106 valence electrons. The smallest absolute Gasteiger partial charge is 0.272 e. The average Bonchev–Trinajstić information content (AvgIpc) is 2.33. The molecule has 0 saturated heterocycles. The van der Waals surface area contributed by atoms with Crippen LogP contribution in [0.2, 0.25) is 0 Å². The number of benzene rings is 1. The van der Waals surface area contributed by atoms with Crippen molar-refractivity contribution in [3.63, 3.8) is 0 Å². The molecule has 0 unspecified atom stereocenters. The van der Waals surface area contributed by atoms with E-state index in [0.717, 1.165) is 12.1 Å².